The van der Waals surface area contributed by atoms with Gasteiger partial charge in [0, 0.05) is 55.9 Å². The molecule has 1 N–H and O–H groups in total. The van der Waals surface area contributed by atoms with Crippen LogP contribution in [0.5, 0.6) is 0 Å². The molecule has 0 saturated carbocycles. The van der Waals surface area contributed by atoms with Crippen molar-refractivity contribution in [3.05, 3.63) is 40.1 Å². The van der Waals surface area contributed by atoms with Gasteiger partial charge in [0.1, 0.15) is 0 Å². The molecule has 0 aromatic carbocycles. The first-order chi connectivity index (χ1) is 11.8. The van der Waals surface area contributed by atoms with Gasteiger partial charge in [0.05, 0.1) is 23.4 Å². The Morgan fingerprint density at radius 3 is 2.88 bits per heavy atom. The van der Waals surface area contributed by atoms with Gasteiger partial charge in [-0.1, -0.05) is 0 Å². The van der Waals surface area contributed by atoms with Crippen molar-refractivity contribution < 1.29 is 4.79 Å². The highest BCUT2D eigenvalue weighted by Gasteiger charge is 2.21. The molecule has 1 fully saturated rings. The van der Waals surface area contributed by atoms with Crippen molar-refractivity contribution in [2.75, 3.05) is 26.2 Å². The van der Waals surface area contributed by atoms with E-state index in [1.807, 2.05) is 32.6 Å². The number of imidazole rings is 1. The molecule has 3 aromatic heterocycles. The molecule has 1 aliphatic rings. The molecule has 0 unspecified atom stereocenters. The van der Waals surface area contributed by atoms with Gasteiger partial charge < -0.3 is 10.2 Å². The largest absolute Gasteiger partial charge is 0.332 e. The van der Waals surface area contributed by atoms with Crippen LogP contribution in [0.15, 0.2) is 28.7 Å². The van der Waals surface area contributed by atoms with Crippen LogP contribution >= 0.6 is 22.7 Å². The number of aromatic nitrogens is 3. The summed E-state index contributed by atoms with van der Waals surface area (Å²) in [6.45, 7) is 4.58. The summed E-state index contributed by atoms with van der Waals surface area (Å²) < 4.78 is 1.98. The normalized spacial score (nSPS) is 15.9. The Morgan fingerprint density at radius 2 is 2.12 bits per heavy atom. The summed E-state index contributed by atoms with van der Waals surface area (Å²) in [5.74, 6) is 0. The smallest absolute Gasteiger partial charge is 0.317 e. The molecule has 126 valence electrons. The number of carbonyl (C=O) groups is 1. The van der Waals surface area contributed by atoms with Gasteiger partial charge in [0.15, 0.2) is 4.96 Å². The SMILES string of the molecule is O=C(NCc1cn2ccsc2n1)N1CCN(Cc2cscn2)CC1. The Labute approximate surface area is 147 Å². The third-order valence-electron chi connectivity index (χ3n) is 4.09. The van der Waals surface area contributed by atoms with Crippen molar-refractivity contribution in [3.63, 3.8) is 0 Å². The minimum Gasteiger partial charge on any atom is -0.332 e. The van der Waals surface area contributed by atoms with Gasteiger partial charge in [-0.05, 0) is 0 Å². The van der Waals surface area contributed by atoms with Crippen molar-refractivity contribution in [1.29, 1.82) is 0 Å². The van der Waals surface area contributed by atoms with Crippen LogP contribution in [0.4, 0.5) is 4.79 Å². The van der Waals surface area contributed by atoms with Gasteiger partial charge in [-0.15, -0.1) is 22.7 Å². The molecule has 0 bridgehead atoms. The van der Waals surface area contributed by atoms with Crippen LogP contribution < -0.4 is 5.32 Å². The predicted molar refractivity (Wildman–Crippen MR) is 94.3 cm³/mol. The van der Waals surface area contributed by atoms with E-state index < -0.39 is 0 Å². The van der Waals surface area contributed by atoms with Gasteiger partial charge >= 0.3 is 6.03 Å². The van der Waals surface area contributed by atoms with Crippen LogP contribution in [0.25, 0.3) is 4.96 Å². The summed E-state index contributed by atoms with van der Waals surface area (Å²) in [5.41, 5.74) is 3.86. The lowest BCUT2D eigenvalue weighted by Gasteiger charge is -2.34. The fourth-order valence-corrected chi connectivity index (χ4v) is 4.06. The monoisotopic (exact) mass is 362 g/mol. The van der Waals surface area contributed by atoms with Crippen molar-refractivity contribution in [2.24, 2.45) is 0 Å². The van der Waals surface area contributed by atoms with Crippen LogP contribution in [0.3, 0.4) is 0 Å². The van der Waals surface area contributed by atoms with E-state index in [0.717, 1.165) is 49.1 Å². The number of nitrogens with zero attached hydrogens (tertiary/aromatic N) is 5. The fourth-order valence-electron chi connectivity index (χ4n) is 2.79. The topological polar surface area (TPSA) is 65.8 Å². The molecule has 2 amide bonds. The molecule has 24 heavy (non-hydrogen) atoms. The minimum atomic E-state index is -0.0142. The second-order valence-electron chi connectivity index (χ2n) is 5.73. The number of fused-ring (bicyclic) bond motifs is 1. The number of piperazine rings is 1. The van der Waals surface area contributed by atoms with Crippen LogP contribution in [0, 0.1) is 0 Å². The Morgan fingerprint density at radius 1 is 1.25 bits per heavy atom. The predicted octanol–water partition coefficient (Wildman–Crippen LogP) is 1.88. The van der Waals surface area contributed by atoms with E-state index in [1.54, 1.807) is 22.7 Å². The summed E-state index contributed by atoms with van der Waals surface area (Å²) in [6.07, 6.45) is 3.93. The second kappa shape index (κ2) is 6.88. The van der Waals surface area contributed by atoms with Crippen molar-refractivity contribution >= 4 is 33.7 Å². The molecule has 0 radical (unpaired) electrons. The third-order valence-corrected chi connectivity index (χ3v) is 5.50. The minimum absolute atomic E-state index is 0.0142. The lowest BCUT2D eigenvalue weighted by Crippen LogP contribution is -2.51. The summed E-state index contributed by atoms with van der Waals surface area (Å²) >= 11 is 3.21. The van der Waals surface area contributed by atoms with E-state index in [1.165, 1.54) is 0 Å². The van der Waals surface area contributed by atoms with Crippen LogP contribution in [0.1, 0.15) is 11.4 Å². The molecule has 1 saturated heterocycles. The van der Waals surface area contributed by atoms with Crippen LogP contribution in [-0.2, 0) is 13.1 Å². The quantitative estimate of drug-likeness (QED) is 0.770. The summed E-state index contributed by atoms with van der Waals surface area (Å²) in [6, 6.07) is -0.0142. The Kier molecular flexibility index (Phi) is 4.46. The fraction of sp³-hybridized carbons (Fsp3) is 0.400. The molecule has 0 atom stereocenters. The zero-order chi connectivity index (χ0) is 16.4. The number of nitrogens with one attached hydrogen (secondary N) is 1. The number of thiazole rings is 2. The first-order valence-electron chi connectivity index (χ1n) is 7.81. The van der Waals surface area contributed by atoms with Gasteiger partial charge in [-0.2, -0.15) is 0 Å². The van der Waals surface area contributed by atoms with E-state index in [4.69, 9.17) is 0 Å². The lowest BCUT2D eigenvalue weighted by atomic mass is 10.3. The Hall–Kier alpha value is -1.97. The molecule has 0 spiro atoms. The van der Waals surface area contributed by atoms with E-state index in [2.05, 4.69) is 25.6 Å². The van der Waals surface area contributed by atoms with Gasteiger partial charge in [0.2, 0.25) is 0 Å². The van der Waals surface area contributed by atoms with Crippen LogP contribution in [-0.4, -0.2) is 56.4 Å². The lowest BCUT2D eigenvalue weighted by molar-refractivity contribution is 0.134. The average molecular weight is 362 g/mol. The number of hydrogen-bond donors (Lipinski definition) is 1. The van der Waals surface area contributed by atoms with E-state index in [9.17, 15) is 4.79 Å². The Bertz CT molecular complexity index is 775. The molecule has 7 nitrogen and oxygen atoms in total. The molecule has 4 heterocycles. The van der Waals surface area contributed by atoms with Crippen molar-refractivity contribution in [1.82, 2.24) is 29.5 Å². The second-order valence-corrected chi connectivity index (χ2v) is 7.32. The molecule has 4 rings (SSSR count). The maximum absolute atomic E-state index is 12.3. The van der Waals surface area contributed by atoms with Crippen molar-refractivity contribution in [3.8, 4) is 0 Å². The van der Waals surface area contributed by atoms with Gasteiger partial charge in [-0.3, -0.25) is 9.30 Å². The summed E-state index contributed by atoms with van der Waals surface area (Å²) in [5, 5.41) is 7.04. The third kappa shape index (κ3) is 3.42. The van der Waals surface area contributed by atoms with Crippen LogP contribution in [0.2, 0.25) is 0 Å². The Balaban J connectivity index is 1.24. The highest BCUT2D eigenvalue weighted by Crippen LogP contribution is 2.12. The molecule has 3 aromatic rings. The molecular weight excluding hydrogens is 344 g/mol. The highest BCUT2D eigenvalue weighted by atomic mass is 32.1. The van der Waals surface area contributed by atoms with E-state index >= 15 is 0 Å². The number of rotatable bonds is 4. The maximum Gasteiger partial charge on any atom is 0.317 e. The zero-order valence-electron chi connectivity index (χ0n) is 13.1. The maximum atomic E-state index is 12.3. The van der Waals surface area contributed by atoms with Gasteiger partial charge in [0.25, 0.3) is 0 Å². The standard InChI is InChI=1S/C15H18N6OS2/c22-14(16-7-12-9-21-5-6-24-15(21)18-12)20-3-1-19(2-4-20)8-13-10-23-11-17-13/h5-6,9-11H,1-4,7-8H2,(H,16,22). The van der Waals surface area contributed by atoms with Gasteiger partial charge in [-0.25, -0.2) is 14.8 Å². The van der Waals surface area contributed by atoms with E-state index in [-0.39, 0.29) is 6.03 Å². The number of urea groups is 1. The molecular formula is C15H18N6OS2. The highest BCUT2D eigenvalue weighted by molar-refractivity contribution is 7.15. The summed E-state index contributed by atoms with van der Waals surface area (Å²) in [4.78, 5) is 26.3. The summed E-state index contributed by atoms with van der Waals surface area (Å²) in [7, 11) is 0. The van der Waals surface area contributed by atoms with E-state index in [0.29, 0.717) is 6.54 Å². The average Bonchev–Trinajstić information content (AvgIpc) is 3.30. The number of amides is 2. The molecule has 1 aliphatic heterocycles. The zero-order valence-corrected chi connectivity index (χ0v) is 14.7. The first-order valence-corrected chi connectivity index (χ1v) is 9.63. The molecule has 0 aliphatic carbocycles. The molecule has 9 heteroatoms. The van der Waals surface area contributed by atoms with Crippen molar-refractivity contribution in [2.45, 2.75) is 13.1 Å². The first kappa shape index (κ1) is 15.6. The number of carbonyl (C=O) groups excluding carboxylic acids is 1. The number of hydrogen-bond acceptors (Lipinski definition) is 6.